The third kappa shape index (κ3) is 4.08. The third-order valence-corrected chi connectivity index (χ3v) is 5.74. The number of aryl methyl sites for hydroxylation is 4. The monoisotopic (exact) mass is 432 g/mol. The average molecular weight is 433 g/mol. The van der Waals surface area contributed by atoms with E-state index in [1.165, 1.54) is 5.56 Å². The summed E-state index contributed by atoms with van der Waals surface area (Å²) in [4.78, 5) is 21.4. The first-order valence-electron chi connectivity index (χ1n) is 10.6. The first kappa shape index (κ1) is 21.5. The van der Waals surface area contributed by atoms with Gasteiger partial charge in [-0.1, -0.05) is 29.8 Å². The van der Waals surface area contributed by atoms with E-state index in [-0.39, 0.29) is 18.6 Å². The first-order chi connectivity index (χ1) is 15.2. The number of hydrogen-bond donors (Lipinski definition) is 1. The SMILES string of the molecule is Cc1ccc([C@H](C)NC(=O)COc2cc(C)c3c(-c4cnc(C)n4C)nn(C)c3n2)cc1. The van der Waals surface area contributed by atoms with Gasteiger partial charge in [0.05, 0.1) is 23.3 Å². The average Bonchev–Trinajstić information content (AvgIpc) is 3.26. The standard InChI is InChI=1S/C24H28N6O2/c1-14-7-9-18(10-8-14)16(3)26-20(31)13-32-21-11-15(2)22-23(28-30(6)24(22)27-21)19-12-25-17(4)29(19)5/h7-12,16H,13H2,1-6H3,(H,26,31)/t16-/m0/s1. The fourth-order valence-corrected chi connectivity index (χ4v) is 3.74. The van der Waals surface area contributed by atoms with Gasteiger partial charge in [0.25, 0.3) is 5.91 Å². The maximum Gasteiger partial charge on any atom is 0.258 e. The quantitative estimate of drug-likeness (QED) is 0.504. The molecule has 0 spiro atoms. The van der Waals surface area contributed by atoms with Crippen LogP contribution in [0.3, 0.4) is 0 Å². The predicted molar refractivity (Wildman–Crippen MR) is 123 cm³/mol. The molecule has 0 saturated heterocycles. The molecule has 4 aromatic rings. The number of aromatic nitrogens is 5. The molecule has 1 atom stereocenters. The summed E-state index contributed by atoms with van der Waals surface area (Å²) in [5, 5.41) is 8.58. The molecule has 1 aromatic carbocycles. The second-order valence-electron chi connectivity index (χ2n) is 8.19. The van der Waals surface area contributed by atoms with Crippen molar-refractivity contribution in [3.8, 4) is 17.3 Å². The van der Waals surface area contributed by atoms with Crippen LogP contribution in [0.25, 0.3) is 22.4 Å². The molecule has 0 aliphatic rings. The Hall–Kier alpha value is -3.68. The fraction of sp³-hybridized carbons (Fsp3) is 0.333. The molecule has 0 aliphatic heterocycles. The summed E-state index contributed by atoms with van der Waals surface area (Å²) in [6.45, 7) is 7.82. The molecule has 8 nitrogen and oxygen atoms in total. The van der Waals surface area contributed by atoms with E-state index in [2.05, 4.69) is 20.4 Å². The van der Waals surface area contributed by atoms with Crippen molar-refractivity contribution < 1.29 is 9.53 Å². The van der Waals surface area contributed by atoms with Crippen LogP contribution in [-0.4, -0.2) is 36.8 Å². The first-order valence-corrected chi connectivity index (χ1v) is 10.6. The molecule has 1 N–H and O–H groups in total. The molecular formula is C24H28N6O2. The molecule has 0 saturated carbocycles. The van der Waals surface area contributed by atoms with Crippen molar-refractivity contribution in [3.05, 3.63) is 59.0 Å². The molecule has 3 aromatic heterocycles. The number of carbonyl (C=O) groups is 1. The Kier molecular flexibility index (Phi) is 5.69. The van der Waals surface area contributed by atoms with Gasteiger partial charge in [-0.2, -0.15) is 10.1 Å². The molecule has 0 aliphatic carbocycles. The molecular weight excluding hydrogens is 404 g/mol. The minimum absolute atomic E-state index is 0.106. The lowest BCUT2D eigenvalue weighted by molar-refractivity contribution is -0.123. The van der Waals surface area contributed by atoms with Crippen LogP contribution >= 0.6 is 0 Å². The van der Waals surface area contributed by atoms with E-state index >= 15 is 0 Å². The Bertz CT molecular complexity index is 1290. The van der Waals surface area contributed by atoms with Crippen LogP contribution in [0.1, 0.15) is 35.5 Å². The molecule has 4 rings (SSSR count). The number of amides is 1. The summed E-state index contributed by atoms with van der Waals surface area (Å²) in [5.74, 6) is 1.10. The number of imidazole rings is 1. The van der Waals surface area contributed by atoms with Gasteiger partial charge in [-0.05, 0) is 38.8 Å². The number of benzene rings is 1. The molecule has 1 amide bonds. The van der Waals surface area contributed by atoms with Crippen LogP contribution in [0, 0.1) is 20.8 Å². The Balaban J connectivity index is 1.50. The molecule has 166 valence electrons. The maximum atomic E-state index is 12.4. The zero-order valence-electron chi connectivity index (χ0n) is 19.3. The van der Waals surface area contributed by atoms with E-state index in [9.17, 15) is 4.79 Å². The van der Waals surface area contributed by atoms with E-state index in [0.717, 1.165) is 33.7 Å². The molecule has 0 fully saturated rings. The van der Waals surface area contributed by atoms with Gasteiger partial charge in [0.15, 0.2) is 12.3 Å². The highest BCUT2D eigenvalue weighted by molar-refractivity contribution is 5.93. The van der Waals surface area contributed by atoms with Crippen molar-refractivity contribution in [2.45, 2.75) is 33.7 Å². The minimum Gasteiger partial charge on any atom is -0.468 e. The van der Waals surface area contributed by atoms with Crippen molar-refractivity contribution in [1.82, 2.24) is 29.6 Å². The second-order valence-corrected chi connectivity index (χ2v) is 8.19. The van der Waals surface area contributed by atoms with Crippen molar-refractivity contribution in [1.29, 1.82) is 0 Å². The van der Waals surface area contributed by atoms with Gasteiger partial charge in [-0.15, -0.1) is 0 Å². The van der Waals surface area contributed by atoms with E-state index in [4.69, 9.17) is 4.74 Å². The van der Waals surface area contributed by atoms with Crippen molar-refractivity contribution in [2.75, 3.05) is 6.61 Å². The van der Waals surface area contributed by atoms with E-state index in [1.807, 2.05) is 82.9 Å². The number of ether oxygens (including phenoxy) is 1. The van der Waals surface area contributed by atoms with Gasteiger partial charge in [-0.3, -0.25) is 4.79 Å². The normalized spacial score (nSPS) is 12.2. The molecule has 8 heteroatoms. The Morgan fingerprint density at radius 3 is 2.53 bits per heavy atom. The minimum atomic E-state index is -0.200. The van der Waals surface area contributed by atoms with Crippen molar-refractivity contribution in [2.24, 2.45) is 14.1 Å². The van der Waals surface area contributed by atoms with E-state index < -0.39 is 0 Å². The third-order valence-electron chi connectivity index (χ3n) is 5.74. The summed E-state index contributed by atoms with van der Waals surface area (Å²) >= 11 is 0. The molecule has 0 bridgehead atoms. The topological polar surface area (TPSA) is 86.9 Å². The maximum absolute atomic E-state index is 12.4. The molecule has 32 heavy (non-hydrogen) atoms. The summed E-state index contributed by atoms with van der Waals surface area (Å²) in [6.07, 6.45) is 1.82. The zero-order chi connectivity index (χ0) is 23.0. The van der Waals surface area contributed by atoms with E-state index in [0.29, 0.717) is 11.5 Å². The number of pyridine rings is 1. The van der Waals surface area contributed by atoms with Crippen LogP contribution in [0.5, 0.6) is 5.88 Å². The second kappa shape index (κ2) is 8.45. The number of fused-ring (bicyclic) bond motifs is 1. The van der Waals surface area contributed by atoms with Crippen molar-refractivity contribution >= 4 is 16.9 Å². The predicted octanol–water partition coefficient (Wildman–Crippen LogP) is 3.55. The van der Waals surface area contributed by atoms with Gasteiger partial charge < -0.3 is 14.6 Å². The number of carbonyl (C=O) groups excluding carboxylic acids is 1. The summed E-state index contributed by atoms with van der Waals surface area (Å²) in [7, 11) is 3.82. The Morgan fingerprint density at radius 2 is 1.88 bits per heavy atom. The smallest absolute Gasteiger partial charge is 0.258 e. The summed E-state index contributed by atoms with van der Waals surface area (Å²) in [5.41, 5.74) is 5.65. The highest BCUT2D eigenvalue weighted by Crippen LogP contribution is 2.31. The molecule has 0 radical (unpaired) electrons. The lowest BCUT2D eigenvalue weighted by atomic mass is 10.1. The lowest BCUT2D eigenvalue weighted by Gasteiger charge is -2.15. The lowest BCUT2D eigenvalue weighted by Crippen LogP contribution is -2.31. The summed E-state index contributed by atoms with van der Waals surface area (Å²) < 4.78 is 9.46. The van der Waals surface area contributed by atoms with Crippen LogP contribution in [-0.2, 0) is 18.9 Å². The number of rotatable bonds is 6. The molecule has 0 unspecified atom stereocenters. The van der Waals surface area contributed by atoms with Crippen LogP contribution in [0.2, 0.25) is 0 Å². The number of nitrogens with one attached hydrogen (secondary N) is 1. The Labute approximate surface area is 187 Å². The van der Waals surface area contributed by atoms with Gasteiger partial charge in [0, 0.05) is 20.2 Å². The van der Waals surface area contributed by atoms with Crippen LogP contribution < -0.4 is 10.1 Å². The van der Waals surface area contributed by atoms with Crippen molar-refractivity contribution in [3.63, 3.8) is 0 Å². The molecule has 3 heterocycles. The van der Waals surface area contributed by atoms with E-state index in [1.54, 1.807) is 4.68 Å². The zero-order valence-corrected chi connectivity index (χ0v) is 19.3. The summed E-state index contributed by atoms with van der Waals surface area (Å²) in [6, 6.07) is 9.84. The largest absolute Gasteiger partial charge is 0.468 e. The van der Waals surface area contributed by atoms with Gasteiger partial charge in [0.2, 0.25) is 5.88 Å². The van der Waals surface area contributed by atoms with Gasteiger partial charge in [-0.25, -0.2) is 9.67 Å². The van der Waals surface area contributed by atoms with Gasteiger partial charge >= 0.3 is 0 Å². The Morgan fingerprint density at radius 1 is 1.16 bits per heavy atom. The van der Waals surface area contributed by atoms with Crippen LogP contribution in [0.15, 0.2) is 36.5 Å². The number of hydrogen-bond acceptors (Lipinski definition) is 5. The highest BCUT2D eigenvalue weighted by atomic mass is 16.5. The number of nitrogens with zero attached hydrogens (tertiary/aromatic N) is 5. The fourth-order valence-electron chi connectivity index (χ4n) is 3.74. The van der Waals surface area contributed by atoms with Gasteiger partial charge in [0.1, 0.15) is 11.5 Å². The highest BCUT2D eigenvalue weighted by Gasteiger charge is 2.19. The van der Waals surface area contributed by atoms with Crippen LogP contribution in [0.4, 0.5) is 0 Å².